The fourth-order valence-corrected chi connectivity index (χ4v) is 2.22. The second-order valence-corrected chi connectivity index (χ2v) is 6.23. The van der Waals surface area contributed by atoms with E-state index in [1.54, 1.807) is 0 Å². The average Bonchev–Trinajstić information content (AvgIpc) is 2.14. The number of rotatable bonds is 4. The number of carbonyl (C=O) groups is 1. The molecule has 0 saturated carbocycles. The summed E-state index contributed by atoms with van der Waals surface area (Å²) in [4.78, 5) is 11.2. The van der Waals surface area contributed by atoms with Gasteiger partial charge in [-0.1, -0.05) is 0 Å². The Kier molecular flexibility index (Phi) is 4.53. The van der Waals surface area contributed by atoms with Crippen molar-refractivity contribution in [2.24, 2.45) is 5.92 Å². The van der Waals surface area contributed by atoms with E-state index in [9.17, 15) is 13.2 Å². The molecule has 1 atom stereocenters. The molecule has 1 saturated heterocycles. The zero-order valence-electron chi connectivity index (χ0n) is 8.95. The van der Waals surface area contributed by atoms with Crippen molar-refractivity contribution in [1.82, 2.24) is 10.6 Å². The fourth-order valence-electron chi connectivity index (χ4n) is 1.65. The highest BCUT2D eigenvalue weighted by atomic mass is 32.2. The van der Waals surface area contributed by atoms with Crippen molar-refractivity contribution in [3.63, 3.8) is 0 Å². The zero-order chi connectivity index (χ0) is 11.3. The minimum atomic E-state index is -3.20. The molecule has 1 amide bonds. The summed E-state index contributed by atoms with van der Waals surface area (Å²) < 4.78 is 21.6. The molecular weight excluding hydrogens is 216 g/mol. The molecule has 0 bridgehead atoms. The Morgan fingerprint density at radius 3 is 2.80 bits per heavy atom. The van der Waals surface area contributed by atoms with Gasteiger partial charge >= 0.3 is 0 Å². The lowest BCUT2D eigenvalue weighted by Crippen LogP contribution is -2.39. The van der Waals surface area contributed by atoms with Gasteiger partial charge in [-0.15, -0.1) is 0 Å². The van der Waals surface area contributed by atoms with Gasteiger partial charge < -0.3 is 10.6 Å². The van der Waals surface area contributed by atoms with E-state index in [4.69, 9.17) is 0 Å². The molecule has 1 unspecified atom stereocenters. The van der Waals surface area contributed by atoms with E-state index < -0.39 is 21.5 Å². The largest absolute Gasteiger partial charge is 0.355 e. The van der Waals surface area contributed by atoms with Crippen molar-refractivity contribution >= 4 is 15.7 Å². The van der Waals surface area contributed by atoms with Crippen LogP contribution >= 0.6 is 0 Å². The molecule has 0 spiro atoms. The van der Waals surface area contributed by atoms with Gasteiger partial charge in [0.15, 0.2) is 9.84 Å². The summed E-state index contributed by atoms with van der Waals surface area (Å²) in [5.74, 6) is -0.377. The van der Waals surface area contributed by atoms with E-state index in [2.05, 4.69) is 10.6 Å². The van der Waals surface area contributed by atoms with E-state index in [0.29, 0.717) is 12.5 Å². The summed E-state index contributed by atoms with van der Waals surface area (Å²) in [7, 11) is -3.20. The van der Waals surface area contributed by atoms with Crippen molar-refractivity contribution in [3.8, 4) is 0 Å². The number of carbonyl (C=O) groups excluding carboxylic acids is 1. The molecule has 0 aromatic rings. The van der Waals surface area contributed by atoms with Gasteiger partial charge in [0.25, 0.3) is 0 Å². The molecule has 1 aliphatic heterocycles. The Morgan fingerprint density at radius 2 is 2.27 bits per heavy atom. The van der Waals surface area contributed by atoms with Crippen molar-refractivity contribution < 1.29 is 13.2 Å². The summed E-state index contributed by atoms with van der Waals surface area (Å²) in [6.45, 7) is 2.51. The van der Waals surface area contributed by atoms with Crippen LogP contribution in [0.1, 0.15) is 12.8 Å². The molecule has 0 radical (unpaired) electrons. The molecule has 88 valence electrons. The molecular formula is C9H18N2O3S. The predicted octanol–water partition coefficient (Wildman–Crippen LogP) is -0.853. The van der Waals surface area contributed by atoms with Crippen LogP contribution in [0.5, 0.6) is 0 Å². The van der Waals surface area contributed by atoms with Crippen molar-refractivity contribution in [2.75, 3.05) is 31.6 Å². The summed E-state index contributed by atoms with van der Waals surface area (Å²) in [5, 5.41) is 5.89. The Bertz CT molecular complexity index is 307. The maximum atomic E-state index is 11.2. The van der Waals surface area contributed by atoms with Gasteiger partial charge in [-0.05, 0) is 31.8 Å². The number of piperidine rings is 1. The maximum absolute atomic E-state index is 11.2. The van der Waals surface area contributed by atoms with Crippen LogP contribution < -0.4 is 10.6 Å². The molecule has 1 fully saturated rings. The molecule has 0 aromatic heterocycles. The number of hydrogen-bond acceptors (Lipinski definition) is 4. The summed E-state index contributed by atoms with van der Waals surface area (Å²) in [6, 6.07) is 0. The first kappa shape index (κ1) is 12.4. The first-order valence-electron chi connectivity index (χ1n) is 5.12. The highest BCUT2D eigenvalue weighted by Gasteiger charge is 2.15. The third-order valence-corrected chi connectivity index (χ3v) is 3.17. The Hall–Kier alpha value is -0.620. The number of amides is 1. The van der Waals surface area contributed by atoms with Crippen LogP contribution in [0.25, 0.3) is 0 Å². The number of nitrogens with one attached hydrogen (secondary N) is 2. The van der Waals surface area contributed by atoms with Crippen molar-refractivity contribution in [1.29, 1.82) is 0 Å². The van der Waals surface area contributed by atoms with Gasteiger partial charge in [0, 0.05) is 12.8 Å². The first-order valence-corrected chi connectivity index (χ1v) is 7.18. The smallest absolute Gasteiger partial charge is 0.235 e. The first-order chi connectivity index (χ1) is 6.97. The second kappa shape index (κ2) is 5.46. The third-order valence-electron chi connectivity index (χ3n) is 2.38. The average molecular weight is 234 g/mol. The molecule has 6 heteroatoms. The van der Waals surface area contributed by atoms with Crippen LogP contribution in [0.2, 0.25) is 0 Å². The van der Waals surface area contributed by atoms with Gasteiger partial charge in [-0.25, -0.2) is 8.42 Å². The molecule has 2 N–H and O–H groups in total. The van der Waals surface area contributed by atoms with Gasteiger partial charge in [0.1, 0.15) is 5.75 Å². The highest BCUT2D eigenvalue weighted by Crippen LogP contribution is 2.07. The third kappa shape index (κ3) is 5.74. The van der Waals surface area contributed by atoms with E-state index in [-0.39, 0.29) is 0 Å². The molecule has 15 heavy (non-hydrogen) atoms. The molecule has 0 aromatic carbocycles. The van der Waals surface area contributed by atoms with Crippen LogP contribution in [0.3, 0.4) is 0 Å². The minimum Gasteiger partial charge on any atom is -0.355 e. The lowest BCUT2D eigenvalue weighted by Gasteiger charge is -2.22. The van der Waals surface area contributed by atoms with Crippen LogP contribution in [0.15, 0.2) is 0 Å². The van der Waals surface area contributed by atoms with E-state index >= 15 is 0 Å². The number of hydrogen-bond donors (Lipinski definition) is 2. The molecule has 5 nitrogen and oxygen atoms in total. The Labute approximate surface area is 90.5 Å². The quantitative estimate of drug-likeness (QED) is 0.664. The van der Waals surface area contributed by atoms with Gasteiger partial charge in [0.2, 0.25) is 5.91 Å². The van der Waals surface area contributed by atoms with E-state index in [1.807, 2.05) is 0 Å². The van der Waals surface area contributed by atoms with Gasteiger partial charge in [0.05, 0.1) is 0 Å². The van der Waals surface area contributed by atoms with Crippen molar-refractivity contribution in [2.45, 2.75) is 12.8 Å². The standard InChI is InChI=1S/C9H18N2O3S/c1-15(13,14)7-9(12)11-6-8-3-2-4-10-5-8/h8,10H,2-7H2,1H3,(H,11,12). The van der Waals surface area contributed by atoms with E-state index in [0.717, 1.165) is 32.2 Å². The Balaban J connectivity index is 2.21. The highest BCUT2D eigenvalue weighted by molar-refractivity contribution is 7.91. The lowest BCUT2D eigenvalue weighted by molar-refractivity contribution is -0.118. The monoisotopic (exact) mass is 234 g/mol. The minimum absolute atomic E-state index is 0.400. The summed E-state index contributed by atoms with van der Waals surface area (Å²) in [6.07, 6.45) is 3.27. The second-order valence-electron chi connectivity index (χ2n) is 4.09. The van der Waals surface area contributed by atoms with Crippen molar-refractivity contribution in [3.05, 3.63) is 0 Å². The number of sulfone groups is 1. The maximum Gasteiger partial charge on any atom is 0.235 e. The molecule has 1 rings (SSSR count). The zero-order valence-corrected chi connectivity index (χ0v) is 9.77. The predicted molar refractivity (Wildman–Crippen MR) is 58.3 cm³/mol. The van der Waals surface area contributed by atoms with Crippen LogP contribution in [-0.4, -0.2) is 46.0 Å². The van der Waals surface area contributed by atoms with Crippen LogP contribution in [0, 0.1) is 5.92 Å². The fraction of sp³-hybridized carbons (Fsp3) is 0.889. The lowest BCUT2D eigenvalue weighted by atomic mass is 10.00. The molecule has 0 aliphatic carbocycles. The molecule has 1 aliphatic rings. The summed E-state index contributed by atoms with van der Waals surface area (Å²) >= 11 is 0. The van der Waals surface area contributed by atoms with E-state index in [1.165, 1.54) is 0 Å². The summed E-state index contributed by atoms with van der Waals surface area (Å²) in [5.41, 5.74) is 0. The normalized spacial score (nSPS) is 22.3. The SMILES string of the molecule is CS(=O)(=O)CC(=O)NCC1CCCNC1. The van der Waals surface area contributed by atoms with Gasteiger partial charge in [-0.2, -0.15) is 0 Å². The Morgan fingerprint density at radius 1 is 1.53 bits per heavy atom. The van der Waals surface area contributed by atoms with Crippen LogP contribution in [-0.2, 0) is 14.6 Å². The van der Waals surface area contributed by atoms with Crippen LogP contribution in [0.4, 0.5) is 0 Å². The van der Waals surface area contributed by atoms with Gasteiger partial charge in [-0.3, -0.25) is 4.79 Å². The molecule has 1 heterocycles. The topological polar surface area (TPSA) is 75.3 Å².